The lowest BCUT2D eigenvalue weighted by Gasteiger charge is -2.08. The Kier molecular flexibility index (Phi) is 6.02. The fourth-order valence-electron chi connectivity index (χ4n) is 2.05. The molecule has 0 saturated carbocycles. The first kappa shape index (κ1) is 18.8. The Hall–Kier alpha value is -2.55. The molecule has 0 aliphatic rings. The second kappa shape index (κ2) is 8.02. The highest BCUT2D eigenvalue weighted by Crippen LogP contribution is 2.19. The molecule has 9 heteroatoms. The molecular formula is C16H19FN4O3S. The average molecular weight is 366 g/mol. The van der Waals surface area contributed by atoms with Crippen LogP contribution >= 0.6 is 0 Å². The summed E-state index contributed by atoms with van der Waals surface area (Å²) in [4.78, 5) is 20.1. The van der Waals surface area contributed by atoms with Gasteiger partial charge in [0.25, 0.3) is 5.91 Å². The third-order valence-electron chi connectivity index (χ3n) is 3.50. The van der Waals surface area contributed by atoms with E-state index in [1.54, 1.807) is 38.2 Å². The quantitative estimate of drug-likeness (QED) is 0.770. The molecule has 0 aliphatic carbocycles. The molecule has 0 aliphatic heterocycles. The summed E-state index contributed by atoms with van der Waals surface area (Å²) >= 11 is 0. The number of carbonyl (C=O) groups excluding carboxylic acids is 1. The largest absolute Gasteiger partial charge is 0.371 e. The van der Waals surface area contributed by atoms with Gasteiger partial charge < -0.3 is 10.6 Å². The Morgan fingerprint density at radius 3 is 2.76 bits per heavy atom. The zero-order valence-electron chi connectivity index (χ0n) is 13.9. The summed E-state index contributed by atoms with van der Waals surface area (Å²) in [5, 5.41) is 5.20. The molecule has 2 rings (SSSR count). The molecule has 134 valence electrons. The Bertz CT molecular complexity index is 871. The smallest absolute Gasteiger partial charge is 0.251 e. The van der Waals surface area contributed by atoms with E-state index in [-0.39, 0.29) is 29.7 Å². The van der Waals surface area contributed by atoms with Gasteiger partial charge in [-0.3, -0.25) is 4.79 Å². The molecule has 0 saturated heterocycles. The van der Waals surface area contributed by atoms with Crippen molar-refractivity contribution < 1.29 is 17.6 Å². The van der Waals surface area contributed by atoms with E-state index in [9.17, 15) is 17.6 Å². The maximum atomic E-state index is 13.5. The van der Waals surface area contributed by atoms with Gasteiger partial charge in [0.05, 0.1) is 11.9 Å². The van der Waals surface area contributed by atoms with Crippen molar-refractivity contribution in [3.63, 3.8) is 0 Å². The molecule has 1 amide bonds. The normalized spacial score (nSPS) is 11.2. The van der Waals surface area contributed by atoms with Crippen LogP contribution in [-0.4, -0.2) is 49.4 Å². The molecular weight excluding hydrogens is 347 g/mol. The summed E-state index contributed by atoms with van der Waals surface area (Å²) in [6.45, 7) is 1.60. The number of nitrogens with one attached hydrogen (secondary N) is 2. The Morgan fingerprint density at radius 1 is 1.32 bits per heavy atom. The van der Waals surface area contributed by atoms with Crippen molar-refractivity contribution in [1.29, 1.82) is 0 Å². The van der Waals surface area contributed by atoms with E-state index < -0.39 is 21.6 Å². The minimum atomic E-state index is -3.14. The van der Waals surface area contributed by atoms with Gasteiger partial charge in [-0.1, -0.05) is 19.1 Å². The molecule has 2 N–H and O–H groups in total. The molecule has 0 bridgehead atoms. The van der Waals surface area contributed by atoms with Gasteiger partial charge in [0.2, 0.25) is 0 Å². The number of benzene rings is 1. The number of halogens is 1. The van der Waals surface area contributed by atoms with Gasteiger partial charge in [-0.05, 0) is 12.1 Å². The SMILES string of the molecule is CCS(=O)(=O)CCNC(=O)c1cccc(-c2ncc(F)c(NC)n2)c1. The number of rotatable bonds is 7. The van der Waals surface area contributed by atoms with Crippen LogP contribution < -0.4 is 10.6 Å². The van der Waals surface area contributed by atoms with Crippen molar-refractivity contribution in [2.75, 3.05) is 30.4 Å². The van der Waals surface area contributed by atoms with Crippen molar-refractivity contribution in [2.24, 2.45) is 0 Å². The van der Waals surface area contributed by atoms with Crippen molar-refractivity contribution in [3.05, 3.63) is 41.8 Å². The number of aromatic nitrogens is 2. The lowest BCUT2D eigenvalue weighted by Crippen LogP contribution is -2.29. The summed E-state index contributed by atoms with van der Waals surface area (Å²) in [6.07, 6.45) is 1.05. The molecule has 0 atom stereocenters. The molecule has 25 heavy (non-hydrogen) atoms. The number of nitrogens with zero attached hydrogens (tertiary/aromatic N) is 2. The topological polar surface area (TPSA) is 101 Å². The van der Waals surface area contributed by atoms with E-state index in [0.717, 1.165) is 6.20 Å². The summed E-state index contributed by atoms with van der Waals surface area (Å²) in [6, 6.07) is 6.51. The van der Waals surface area contributed by atoms with Gasteiger partial charge in [0, 0.05) is 30.5 Å². The van der Waals surface area contributed by atoms with Crippen LogP contribution in [0.4, 0.5) is 10.2 Å². The highest BCUT2D eigenvalue weighted by molar-refractivity contribution is 7.91. The van der Waals surface area contributed by atoms with Crippen molar-refractivity contribution >= 4 is 21.6 Å². The molecule has 0 unspecified atom stereocenters. The second-order valence-corrected chi connectivity index (χ2v) is 7.69. The lowest BCUT2D eigenvalue weighted by atomic mass is 10.1. The first-order valence-corrected chi connectivity index (χ1v) is 9.47. The molecule has 0 radical (unpaired) electrons. The number of hydrogen-bond donors (Lipinski definition) is 2. The fourth-order valence-corrected chi connectivity index (χ4v) is 2.75. The van der Waals surface area contributed by atoms with Gasteiger partial charge in [0.15, 0.2) is 27.3 Å². The van der Waals surface area contributed by atoms with E-state index in [2.05, 4.69) is 20.6 Å². The number of anilines is 1. The maximum absolute atomic E-state index is 13.5. The van der Waals surface area contributed by atoms with E-state index in [0.29, 0.717) is 11.1 Å². The summed E-state index contributed by atoms with van der Waals surface area (Å²) < 4.78 is 36.3. The number of amides is 1. The van der Waals surface area contributed by atoms with E-state index in [1.807, 2.05) is 0 Å². The Balaban J connectivity index is 2.14. The van der Waals surface area contributed by atoms with Crippen molar-refractivity contribution in [1.82, 2.24) is 15.3 Å². The molecule has 1 heterocycles. The molecule has 1 aromatic carbocycles. The Labute approximate surface area is 145 Å². The van der Waals surface area contributed by atoms with E-state index in [1.165, 1.54) is 0 Å². The minimum Gasteiger partial charge on any atom is -0.371 e. The molecule has 7 nitrogen and oxygen atoms in total. The molecule has 1 aromatic heterocycles. The average Bonchev–Trinajstić information content (AvgIpc) is 2.62. The van der Waals surface area contributed by atoms with Gasteiger partial charge in [-0.2, -0.15) is 0 Å². The highest BCUT2D eigenvalue weighted by atomic mass is 32.2. The van der Waals surface area contributed by atoms with Crippen LogP contribution in [0.2, 0.25) is 0 Å². The van der Waals surface area contributed by atoms with Crippen LogP contribution in [0.5, 0.6) is 0 Å². The zero-order chi connectivity index (χ0) is 18.4. The van der Waals surface area contributed by atoms with Crippen LogP contribution in [-0.2, 0) is 9.84 Å². The van der Waals surface area contributed by atoms with Gasteiger partial charge in [-0.25, -0.2) is 22.8 Å². The molecule has 2 aromatic rings. The highest BCUT2D eigenvalue weighted by Gasteiger charge is 2.12. The van der Waals surface area contributed by atoms with Gasteiger partial charge in [-0.15, -0.1) is 0 Å². The van der Waals surface area contributed by atoms with Crippen LogP contribution in [0, 0.1) is 5.82 Å². The lowest BCUT2D eigenvalue weighted by molar-refractivity contribution is 0.0956. The Morgan fingerprint density at radius 2 is 2.08 bits per heavy atom. The number of carbonyl (C=O) groups is 1. The van der Waals surface area contributed by atoms with Crippen LogP contribution in [0.15, 0.2) is 30.5 Å². The standard InChI is InChI=1S/C16H19FN4O3S/c1-3-25(23,24)8-7-19-16(22)12-6-4-5-11(9-12)14-20-10-13(17)15(18-2)21-14/h4-6,9-10H,3,7-8H2,1-2H3,(H,19,22)(H,18,20,21). The van der Waals surface area contributed by atoms with Crippen LogP contribution in [0.25, 0.3) is 11.4 Å². The first-order valence-electron chi connectivity index (χ1n) is 7.65. The van der Waals surface area contributed by atoms with E-state index in [4.69, 9.17) is 0 Å². The van der Waals surface area contributed by atoms with Gasteiger partial charge >= 0.3 is 0 Å². The first-order chi connectivity index (χ1) is 11.9. The maximum Gasteiger partial charge on any atom is 0.251 e. The molecule has 0 spiro atoms. The summed E-state index contributed by atoms with van der Waals surface area (Å²) in [5.74, 6) is -0.713. The fraction of sp³-hybridized carbons (Fsp3) is 0.312. The molecule has 0 fully saturated rings. The predicted octanol–water partition coefficient (Wildman–Crippen LogP) is 1.49. The van der Waals surface area contributed by atoms with Crippen molar-refractivity contribution in [3.8, 4) is 11.4 Å². The minimum absolute atomic E-state index is 0.0358. The van der Waals surface area contributed by atoms with E-state index >= 15 is 0 Å². The zero-order valence-corrected chi connectivity index (χ0v) is 14.7. The van der Waals surface area contributed by atoms with Crippen LogP contribution in [0.3, 0.4) is 0 Å². The monoisotopic (exact) mass is 366 g/mol. The number of sulfone groups is 1. The van der Waals surface area contributed by atoms with Crippen molar-refractivity contribution in [2.45, 2.75) is 6.92 Å². The third kappa shape index (κ3) is 4.96. The van der Waals surface area contributed by atoms with Crippen LogP contribution in [0.1, 0.15) is 17.3 Å². The van der Waals surface area contributed by atoms with Gasteiger partial charge in [0.1, 0.15) is 0 Å². The summed E-state index contributed by atoms with van der Waals surface area (Å²) in [7, 11) is -1.59. The summed E-state index contributed by atoms with van der Waals surface area (Å²) in [5.41, 5.74) is 0.885. The number of hydrogen-bond acceptors (Lipinski definition) is 6. The second-order valence-electron chi connectivity index (χ2n) is 5.21. The third-order valence-corrected chi connectivity index (χ3v) is 5.21. The predicted molar refractivity (Wildman–Crippen MR) is 93.6 cm³/mol.